The topological polar surface area (TPSA) is 29.5 Å². The molecule has 184 valence electrons. The van der Waals surface area contributed by atoms with Crippen LogP contribution in [0.15, 0.2) is 18.2 Å². The highest BCUT2D eigenvalue weighted by Gasteiger charge is 2.55. The molecule has 0 fully saturated rings. The molecular weight excluding hydrogens is 434 g/mol. The minimum Gasteiger partial charge on any atom is -0.508 e. The largest absolute Gasteiger partial charge is 0.508 e. The molecular formula is C24H34F6O2. The number of hydrogen-bond acceptors (Lipinski definition) is 2. The molecule has 0 bridgehead atoms. The number of unbranched alkanes of at least 4 members (excludes halogenated alkanes) is 8. The van der Waals surface area contributed by atoms with E-state index in [0.717, 1.165) is 69.1 Å². The number of ether oxygens (including phenoxy) is 1. The van der Waals surface area contributed by atoms with E-state index in [0.29, 0.717) is 12.8 Å². The van der Waals surface area contributed by atoms with Gasteiger partial charge in [-0.2, -0.15) is 26.3 Å². The monoisotopic (exact) mass is 468 g/mol. The van der Waals surface area contributed by atoms with Crippen molar-refractivity contribution in [3.05, 3.63) is 23.8 Å². The Hall–Kier alpha value is -1.60. The molecule has 0 saturated heterocycles. The van der Waals surface area contributed by atoms with Crippen molar-refractivity contribution in [2.45, 2.75) is 108 Å². The van der Waals surface area contributed by atoms with Crippen LogP contribution in [0.4, 0.5) is 26.3 Å². The molecule has 1 aliphatic heterocycles. The van der Waals surface area contributed by atoms with Crippen molar-refractivity contribution in [3.8, 4) is 11.5 Å². The molecule has 1 N–H and O–H groups in total. The van der Waals surface area contributed by atoms with Crippen molar-refractivity contribution >= 4 is 0 Å². The maximum atomic E-state index is 12.5. The molecule has 0 saturated carbocycles. The van der Waals surface area contributed by atoms with Crippen molar-refractivity contribution in [2.24, 2.45) is 5.92 Å². The van der Waals surface area contributed by atoms with Crippen molar-refractivity contribution in [3.63, 3.8) is 0 Å². The molecule has 8 heteroatoms. The average molecular weight is 469 g/mol. The predicted octanol–water partition coefficient (Wildman–Crippen LogP) is 8.51. The lowest BCUT2D eigenvalue weighted by atomic mass is 9.88. The molecule has 0 spiro atoms. The predicted molar refractivity (Wildman–Crippen MR) is 112 cm³/mol. The molecule has 2 nitrogen and oxygen atoms in total. The van der Waals surface area contributed by atoms with Crippen LogP contribution in [0, 0.1) is 5.92 Å². The van der Waals surface area contributed by atoms with Crippen LogP contribution in [-0.4, -0.2) is 23.1 Å². The Bertz CT molecular complexity index is 687. The van der Waals surface area contributed by atoms with Gasteiger partial charge in [-0.1, -0.05) is 51.4 Å². The Morgan fingerprint density at radius 2 is 1.41 bits per heavy atom. The van der Waals surface area contributed by atoms with Gasteiger partial charge < -0.3 is 9.84 Å². The summed E-state index contributed by atoms with van der Waals surface area (Å²) in [6, 6.07) is 5.20. The fourth-order valence-electron chi connectivity index (χ4n) is 4.35. The Morgan fingerprint density at radius 1 is 0.875 bits per heavy atom. The number of aromatic hydroxyl groups is 1. The lowest BCUT2D eigenvalue weighted by molar-refractivity contribution is -0.285. The summed E-state index contributed by atoms with van der Waals surface area (Å²) in [7, 11) is 0. The first-order chi connectivity index (χ1) is 14.9. The van der Waals surface area contributed by atoms with E-state index in [9.17, 15) is 31.4 Å². The Kier molecular flexibility index (Phi) is 9.58. The highest BCUT2D eigenvalue weighted by Crippen LogP contribution is 2.42. The van der Waals surface area contributed by atoms with Gasteiger partial charge in [-0.25, -0.2) is 0 Å². The lowest BCUT2D eigenvalue weighted by Gasteiger charge is -2.36. The SMILES string of the molecule is CC1(CCCCCCCCCCCC(C(F)(F)F)C(F)(F)F)CCc2cc(O)ccc2O1. The van der Waals surface area contributed by atoms with E-state index in [1.165, 1.54) is 0 Å². The summed E-state index contributed by atoms with van der Waals surface area (Å²) >= 11 is 0. The summed E-state index contributed by atoms with van der Waals surface area (Å²) in [5.41, 5.74) is 0.837. The van der Waals surface area contributed by atoms with Crippen LogP contribution in [0.2, 0.25) is 0 Å². The third-order valence-corrected chi connectivity index (χ3v) is 6.31. The molecule has 0 amide bonds. The number of alkyl halides is 6. The van der Waals surface area contributed by atoms with Crippen LogP contribution in [0.5, 0.6) is 11.5 Å². The molecule has 0 aliphatic carbocycles. The fraction of sp³-hybridized carbons (Fsp3) is 0.750. The maximum absolute atomic E-state index is 12.5. The van der Waals surface area contributed by atoms with Crippen molar-refractivity contribution < 1.29 is 36.2 Å². The van der Waals surface area contributed by atoms with Crippen molar-refractivity contribution in [1.29, 1.82) is 0 Å². The van der Waals surface area contributed by atoms with Gasteiger partial charge in [-0.15, -0.1) is 0 Å². The van der Waals surface area contributed by atoms with E-state index in [1.807, 2.05) is 6.07 Å². The van der Waals surface area contributed by atoms with Crippen LogP contribution in [0.3, 0.4) is 0 Å². The van der Waals surface area contributed by atoms with E-state index in [2.05, 4.69) is 6.92 Å². The standard InChI is InChI=1S/C24H34F6O2/c1-22(16-14-18-17-19(31)12-13-20(18)32-22)15-10-8-6-4-2-3-5-7-9-11-21(23(25,26)27)24(28,29)30/h12-13,17,21,31H,2-11,14-16H2,1H3. The second-order valence-electron chi connectivity index (χ2n) is 9.20. The first-order valence-corrected chi connectivity index (χ1v) is 11.6. The van der Waals surface area contributed by atoms with E-state index in [-0.39, 0.29) is 17.8 Å². The third kappa shape index (κ3) is 8.74. The number of halogens is 6. The van der Waals surface area contributed by atoms with Crippen LogP contribution in [0.1, 0.15) is 89.5 Å². The fourth-order valence-corrected chi connectivity index (χ4v) is 4.35. The molecule has 2 rings (SSSR count). The Balaban J connectivity index is 1.50. The zero-order valence-corrected chi connectivity index (χ0v) is 18.6. The van der Waals surface area contributed by atoms with Gasteiger partial charge in [0.25, 0.3) is 0 Å². The molecule has 1 aromatic rings. The first-order valence-electron chi connectivity index (χ1n) is 11.6. The summed E-state index contributed by atoms with van der Waals surface area (Å²) in [5, 5.41) is 9.57. The average Bonchev–Trinajstić information content (AvgIpc) is 2.67. The molecule has 0 radical (unpaired) electrons. The van der Waals surface area contributed by atoms with Crippen LogP contribution in [-0.2, 0) is 6.42 Å². The van der Waals surface area contributed by atoms with Crippen LogP contribution in [0.25, 0.3) is 0 Å². The molecule has 1 atom stereocenters. The summed E-state index contributed by atoms with van der Waals surface area (Å²) in [5.74, 6) is -2.11. The van der Waals surface area contributed by atoms with E-state index in [4.69, 9.17) is 4.74 Å². The van der Waals surface area contributed by atoms with E-state index >= 15 is 0 Å². The summed E-state index contributed by atoms with van der Waals surface area (Å²) in [6.45, 7) is 2.12. The van der Waals surface area contributed by atoms with Gasteiger partial charge in [-0.3, -0.25) is 0 Å². The number of rotatable bonds is 12. The van der Waals surface area contributed by atoms with Gasteiger partial charge in [-0.05, 0) is 62.8 Å². The quantitative estimate of drug-likeness (QED) is 0.246. The highest BCUT2D eigenvalue weighted by molar-refractivity contribution is 5.41. The number of phenolic OH excluding ortho intramolecular Hbond substituents is 1. The molecule has 32 heavy (non-hydrogen) atoms. The second kappa shape index (κ2) is 11.5. The number of hydrogen-bond donors (Lipinski definition) is 1. The molecule has 1 aliphatic rings. The van der Waals surface area contributed by atoms with Crippen molar-refractivity contribution in [2.75, 3.05) is 0 Å². The normalized spacial score (nSPS) is 19.1. The molecule has 1 unspecified atom stereocenters. The maximum Gasteiger partial charge on any atom is 0.400 e. The summed E-state index contributed by atoms with van der Waals surface area (Å²) in [4.78, 5) is 0. The van der Waals surface area contributed by atoms with Gasteiger partial charge in [0.1, 0.15) is 17.1 Å². The third-order valence-electron chi connectivity index (χ3n) is 6.31. The lowest BCUT2D eigenvalue weighted by Crippen LogP contribution is -2.36. The molecule has 0 aromatic heterocycles. The van der Waals surface area contributed by atoms with Crippen LogP contribution < -0.4 is 4.74 Å². The van der Waals surface area contributed by atoms with Gasteiger partial charge >= 0.3 is 12.4 Å². The summed E-state index contributed by atoms with van der Waals surface area (Å²) < 4.78 is 81.0. The van der Waals surface area contributed by atoms with E-state index < -0.39 is 24.7 Å². The summed E-state index contributed by atoms with van der Waals surface area (Å²) in [6.07, 6.45) is -1.56. The van der Waals surface area contributed by atoms with Gasteiger partial charge in [0, 0.05) is 0 Å². The molecule has 1 aromatic carbocycles. The zero-order valence-electron chi connectivity index (χ0n) is 18.6. The van der Waals surface area contributed by atoms with E-state index in [1.54, 1.807) is 12.1 Å². The number of benzene rings is 1. The van der Waals surface area contributed by atoms with Crippen LogP contribution >= 0.6 is 0 Å². The number of aryl methyl sites for hydroxylation is 1. The zero-order chi connectivity index (χ0) is 23.8. The second-order valence-corrected chi connectivity index (χ2v) is 9.20. The first kappa shape index (κ1) is 26.7. The van der Waals surface area contributed by atoms with Gasteiger partial charge in [0.05, 0.1) is 0 Å². The minimum atomic E-state index is -5.22. The van der Waals surface area contributed by atoms with Crippen molar-refractivity contribution in [1.82, 2.24) is 0 Å². The molecule has 1 heterocycles. The van der Waals surface area contributed by atoms with Gasteiger partial charge in [0.15, 0.2) is 5.92 Å². The van der Waals surface area contributed by atoms with Gasteiger partial charge in [0.2, 0.25) is 0 Å². The number of fused-ring (bicyclic) bond motifs is 1. The highest BCUT2D eigenvalue weighted by atomic mass is 19.4. The Morgan fingerprint density at radius 3 is 1.97 bits per heavy atom. The number of phenols is 1. The Labute approximate surface area is 186 Å². The minimum absolute atomic E-state index is 0.0506. The smallest absolute Gasteiger partial charge is 0.400 e.